The van der Waals surface area contributed by atoms with E-state index in [2.05, 4.69) is 5.32 Å². The molecule has 0 saturated carbocycles. The molecule has 0 radical (unpaired) electrons. The van der Waals surface area contributed by atoms with Gasteiger partial charge in [-0.15, -0.1) is 0 Å². The lowest BCUT2D eigenvalue weighted by molar-refractivity contribution is -0.131. The van der Waals surface area contributed by atoms with Gasteiger partial charge in [0.25, 0.3) is 5.91 Å². The summed E-state index contributed by atoms with van der Waals surface area (Å²) in [7, 11) is 0. The zero-order valence-corrected chi connectivity index (χ0v) is 10.7. The highest BCUT2D eigenvalue weighted by atomic mass is 16.2. The van der Waals surface area contributed by atoms with Gasteiger partial charge in [0.2, 0.25) is 0 Å². The maximum absolute atomic E-state index is 12.5. The van der Waals surface area contributed by atoms with Gasteiger partial charge < -0.3 is 5.32 Å². The molecule has 0 spiro atoms. The number of nitrogens with one attached hydrogen (secondary N) is 1. The number of nitriles is 1. The number of urea groups is 1. The third kappa shape index (κ3) is 2.06. The maximum Gasteiger partial charge on any atom is 0.326 e. The first-order valence-corrected chi connectivity index (χ1v) is 6.22. The topological polar surface area (TPSA) is 73.2 Å². The van der Waals surface area contributed by atoms with E-state index < -0.39 is 11.6 Å². The van der Waals surface area contributed by atoms with Crippen molar-refractivity contribution >= 4 is 11.9 Å². The molecule has 1 N–H and O–H groups in total. The Morgan fingerprint density at radius 3 is 2.58 bits per heavy atom. The van der Waals surface area contributed by atoms with Crippen molar-refractivity contribution in [3.8, 4) is 6.07 Å². The Morgan fingerprint density at radius 2 is 2.00 bits per heavy atom. The molecule has 1 aromatic rings. The number of nitrogens with zero attached hydrogens (tertiary/aromatic N) is 2. The van der Waals surface area contributed by atoms with E-state index in [1.54, 1.807) is 0 Å². The Hall–Kier alpha value is -2.35. The molecule has 5 heteroatoms. The average molecular weight is 257 g/mol. The predicted molar refractivity (Wildman–Crippen MR) is 68.9 cm³/mol. The van der Waals surface area contributed by atoms with E-state index in [4.69, 9.17) is 5.26 Å². The van der Waals surface area contributed by atoms with E-state index in [1.807, 2.05) is 43.3 Å². The quantitative estimate of drug-likeness (QED) is 0.659. The summed E-state index contributed by atoms with van der Waals surface area (Å²) in [6.45, 7) is 1.74. The maximum atomic E-state index is 12.5. The fourth-order valence-electron chi connectivity index (χ4n) is 2.45. The number of carbonyl (C=O) groups excluding carboxylic acids is 2. The second kappa shape index (κ2) is 5.11. The minimum atomic E-state index is -1.02. The molecule has 0 unspecified atom stereocenters. The van der Waals surface area contributed by atoms with E-state index >= 15 is 0 Å². The standard InChI is InChI=1S/C14H15N3O2/c1-2-8-14(11-6-4-3-5-7-11)12(18)17(10-9-15)13(19)16-14/h3-7H,2,8,10H2,1H3,(H,16,19)/t14-/m1/s1. The van der Waals surface area contributed by atoms with Gasteiger partial charge in [0.15, 0.2) is 0 Å². The monoisotopic (exact) mass is 257 g/mol. The first kappa shape index (κ1) is 13.1. The van der Waals surface area contributed by atoms with Gasteiger partial charge in [-0.05, 0) is 12.0 Å². The van der Waals surface area contributed by atoms with Crippen molar-refractivity contribution in [1.82, 2.24) is 10.2 Å². The molecule has 1 saturated heterocycles. The van der Waals surface area contributed by atoms with Crippen LogP contribution < -0.4 is 5.32 Å². The molecular formula is C14H15N3O2. The van der Waals surface area contributed by atoms with Crippen LogP contribution >= 0.6 is 0 Å². The molecule has 98 valence electrons. The van der Waals surface area contributed by atoms with Crippen LogP contribution in [0.15, 0.2) is 30.3 Å². The fourth-order valence-corrected chi connectivity index (χ4v) is 2.45. The number of imide groups is 1. The number of hydrogen-bond acceptors (Lipinski definition) is 3. The number of amides is 3. The van der Waals surface area contributed by atoms with Crippen LogP contribution in [-0.2, 0) is 10.3 Å². The van der Waals surface area contributed by atoms with E-state index in [-0.39, 0.29) is 12.5 Å². The van der Waals surface area contributed by atoms with Crippen LogP contribution in [-0.4, -0.2) is 23.4 Å². The van der Waals surface area contributed by atoms with Crippen LogP contribution in [0.4, 0.5) is 4.79 Å². The molecule has 1 heterocycles. The summed E-state index contributed by atoms with van der Waals surface area (Å²) in [5, 5.41) is 11.5. The Bertz CT molecular complexity index is 535. The predicted octanol–water partition coefficient (Wildman–Crippen LogP) is 1.76. The summed E-state index contributed by atoms with van der Waals surface area (Å²) < 4.78 is 0. The largest absolute Gasteiger partial charge is 0.326 e. The van der Waals surface area contributed by atoms with Crippen molar-refractivity contribution < 1.29 is 9.59 Å². The summed E-state index contributed by atoms with van der Waals surface area (Å²) in [6, 6.07) is 10.5. The lowest BCUT2D eigenvalue weighted by Gasteiger charge is -2.26. The lowest BCUT2D eigenvalue weighted by Crippen LogP contribution is -2.44. The van der Waals surface area contributed by atoms with Crippen molar-refractivity contribution in [1.29, 1.82) is 5.26 Å². The normalized spacial score (nSPS) is 22.2. The molecule has 1 atom stereocenters. The Balaban J connectivity index is 2.45. The second-order valence-electron chi connectivity index (χ2n) is 4.50. The van der Waals surface area contributed by atoms with Gasteiger partial charge in [-0.1, -0.05) is 43.7 Å². The van der Waals surface area contributed by atoms with Gasteiger partial charge >= 0.3 is 6.03 Å². The van der Waals surface area contributed by atoms with Gasteiger partial charge in [-0.2, -0.15) is 5.26 Å². The van der Waals surface area contributed by atoms with Gasteiger partial charge in [-0.25, -0.2) is 9.69 Å². The summed E-state index contributed by atoms with van der Waals surface area (Å²) >= 11 is 0. The third-order valence-corrected chi connectivity index (χ3v) is 3.30. The number of rotatable bonds is 4. The van der Waals surface area contributed by atoms with Gasteiger partial charge in [0.05, 0.1) is 6.07 Å². The first-order chi connectivity index (χ1) is 9.15. The van der Waals surface area contributed by atoms with E-state index in [9.17, 15) is 9.59 Å². The molecule has 0 bridgehead atoms. The summed E-state index contributed by atoms with van der Waals surface area (Å²) in [4.78, 5) is 25.4. The smallest absolute Gasteiger partial charge is 0.319 e. The highest BCUT2D eigenvalue weighted by Gasteiger charge is 2.51. The van der Waals surface area contributed by atoms with Crippen LogP contribution in [0.3, 0.4) is 0 Å². The van der Waals surface area contributed by atoms with Gasteiger partial charge in [-0.3, -0.25) is 4.79 Å². The molecular weight excluding hydrogens is 242 g/mol. The highest BCUT2D eigenvalue weighted by Crippen LogP contribution is 2.33. The van der Waals surface area contributed by atoms with E-state index in [0.717, 1.165) is 16.9 Å². The molecule has 1 aliphatic rings. The number of carbonyl (C=O) groups is 2. The Kier molecular flexibility index (Phi) is 3.52. The summed E-state index contributed by atoms with van der Waals surface area (Å²) in [5.74, 6) is -0.341. The second-order valence-corrected chi connectivity index (χ2v) is 4.50. The van der Waals surface area contributed by atoms with E-state index in [1.165, 1.54) is 0 Å². The number of benzene rings is 1. The molecule has 0 aliphatic carbocycles. The van der Waals surface area contributed by atoms with Crippen molar-refractivity contribution in [3.05, 3.63) is 35.9 Å². The first-order valence-electron chi connectivity index (χ1n) is 6.22. The van der Waals surface area contributed by atoms with Crippen LogP contribution in [0.25, 0.3) is 0 Å². The zero-order valence-electron chi connectivity index (χ0n) is 10.7. The molecule has 0 aromatic heterocycles. The van der Waals surface area contributed by atoms with Crippen molar-refractivity contribution in [3.63, 3.8) is 0 Å². The Labute approximate surface area is 111 Å². The molecule has 1 aliphatic heterocycles. The third-order valence-electron chi connectivity index (χ3n) is 3.30. The van der Waals surface area contributed by atoms with Crippen molar-refractivity contribution in [2.45, 2.75) is 25.3 Å². The molecule has 19 heavy (non-hydrogen) atoms. The van der Waals surface area contributed by atoms with Crippen molar-refractivity contribution in [2.24, 2.45) is 0 Å². The van der Waals surface area contributed by atoms with Crippen LogP contribution in [0.5, 0.6) is 0 Å². The lowest BCUT2D eigenvalue weighted by atomic mass is 9.85. The fraction of sp³-hybridized carbons (Fsp3) is 0.357. The molecule has 1 aromatic carbocycles. The molecule has 3 amide bonds. The molecule has 2 rings (SSSR count). The molecule has 1 fully saturated rings. The zero-order chi connectivity index (χ0) is 13.9. The Morgan fingerprint density at radius 1 is 1.32 bits per heavy atom. The van der Waals surface area contributed by atoms with Crippen LogP contribution in [0.1, 0.15) is 25.3 Å². The highest BCUT2D eigenvalue weighted by molar-refractivity contribution is 6.07. The minimum absolute atomic E-state index is 0.219. The van der Waals surface area contributed by atoms with E-state index in [0.29, 0.717) is 6.42 Å². The minimum Gasteiger partial charge on any atom is -0.319 e. The van der Waals surface area contributed by atoms with Crippen LogP contribution in [0.2, 0.25) is 0 Å². The van der Waals surface area contributed by atoms with Gasteiger partial charge in [0, 0.05) is 0 Å². The molecule has 5 nitrogen and oxygen atoms in total. The summed E-state index contributed by atoms with van der Waals surface area (Å²) in [6.07, 6.45) is 1.27. The SMILES string of the molecule is CCC[C@]1(c2ccccc2)NC(=O)N(CC#N)C1=O. The van der Waals surface area contributed by atoms with Gasteiger partial charge in [0.1, 0.15) is 12.1 Å². The average Bonchev–Trinajstić information content (AvgIpc) is 2.66. The number of hydrogen-bond donors (Lipinski definition) is 1. The van der Waals surface area contributed by atoms with Crippen LogP contribution in [0, 0.1) is 11.3 Å². The summed E-state index contributed by atoms with van der Waals surface area (Å²) in [5.41, 5.74) is -0.264. The van der Waals surface area contributed by atoms with Crippen molar-refractivity contribution in [2.75, 3.05) is 6.54 Å².